The van der Waals surface area contributed by atoms with Gasteiger partial charge in [0, 0.05) is 35.7 Å². The lowest BCUT2D eigenvalue weighted by molar-refractivity contribution is 0.0999. The number of carbonyl (C=O) groups is 1. The number of fused-ring (bicyclic) bond motifs is 2. The van der Waals surface area contributed by atoms with E-state index >= 15 is 0 Å². The number of rotatable bonds is 3. The van der Waals surface area contributed by atoms with Crippen molar-refractivity contribution in [2.24, 2.45) is 5.73 Å². The molecule has 0 saturated carbocycles. The molecule has 30 heavy (non-hydrogen) atoms. The molecule has 0 aliphatic carbocycles. The summed E-state index contributed by atoms with van der Waals surface area (Å²) in [6.07, 6.45) is 3.18. The zero-order chi connectivity index (χ0) is 20.8. The van der Waals surface area contributed by atoms with Crippen LogP contribution in [-0.4, -0.2) is 15.5 Å². The van der Waals surface area contributed by atoms with E-state index in [0.717, 1.165) is 16.9 Å². The van der Waals surface area contributed by atoms with Gasteiger partial charge in [0.2, 0.25) is 5.43 Å². The predicted molar refractivity (Wildman–Crippen MR) is 112 cm³/mol. The van der Waals surface area contributed by atoms with E-state index in [-0.39, 0.29) is 11.4 Å². The summed E-state index contributed by atoms with van der Waals surface area (Å²) in [6, 6.07) is 15.3. The van der Waals surface area contributed by atoms with Crippen LogP contribution in [0.4, 0.5) is 10.1 Å². The zero-order valence-electron chi connectivity index (χ0n) is 15.9. The van der Waals surface area contributed by atoms with Crippen LogP contribution < -0.4 is 16.1 Å². The molecule has 1 aliphatic heterocycles. The first kappa shape index (κ1) is 18.1. The first-order chi connectivity index (χ1) is 14.5. The van der Waals surface area contributed by atoms with Crippen molar-refractivity contribution >= 4 is 22.5 Å². The van der Waals surface area contributed by atoms with E-state index in [1.165, 1.54) is 18.3 Å². The van der Waals surface area contributed by atoms with Crippen LogP contribution in [0.15, 0.2) is 71.8 Å². The summed E-state index contributed by atoms with van der Waals surface area (Å²) in [5.74, 6) is -1.18. The molecule has 148 valence electrons. The van der Waals surface area contributed by atoms with Gasteiger partial charge in [-0.1, -0.05) is 6.07 Å². The standard InChI is InChI=1S/C23H17FN4O2/c24-15-3-5-16(6-4-15)28-12-19(23(25)30)22(29)18-10-17(7-8-21(18)28)27-11-14-2-1-9-26-20(14)13-27/h1-10,12H,11,13H2,(H2,25,30). The first-order valence-electron chi connectivity index (χ1n) is 9.44. The summed E-state index contributed by atoms with van der Waals surface area (Å²) in [4.78, 5) is 31.4. The number of primary amides is 1. The third-order valence-corrected chi connectivity index (χ3v) is 5.41. The fourth-order valence-electron chi connectivity index (χ4n) is 3.89. The van der Waals surface area contributed by atoms with E-state index in [4.69, 9.17) is 5.73 Å². The molecule has 2 aromatic heterocycles. The second kappa shape index (κ2) is 6.81. The highest BCUT2D eigenvalue weighted by Gasteiger charge is 2.21. The number of carbonyl (C=O) groups excluding carboxylic acids is 1. The van der Waals surface area contributed by atoms with Crippen molar-refractivity contribution in [3.8, 4) is 5.69 Å². The second-order valence-electron chi connectivity index (χ2n) is 7.25. The predicted octanol–water partition coefficient (Wildman–Crippen LogP) is 3.14. The van der Waals surface area contributed by atoms with Crippen LogP contribution in [0.25, 0.3) is 16.6 Å². The summed E-state index contributed by atoms with van der Waals surface area (Å²) in [5.41, 5.74) is 9.15. The van der Waals surface area contributed by atoms with Gasteiger partial charge >= 0.3 is 0 Å². The molecule has 0 atom stereocenters. The van der Waals surface area contributed by atoms with Crippen LogP contribution in [0.5, 0.6) is 0 Å². The SMILES string of the molecule is NC(=O)c1cn(-c2ccc(F)cc2)c2ccc(N3Cc4cccnc4C3)cc2c1=O. The maximum Gasteiger partial charge on any atom is 0.254 e. The number of hydrogen-bond acceptors (Lipinski definition) is 4. The number of nitrogens with two attached hydrogens (primary N) is 1. The van der Waals surface area contributed by atoms with E-state index in [2.05, 4.69) is 9.88 Å². The van der Waals surface area contributed by atoms with E-state index in [1.54, 1.807) is 29.0 Å². The number of benzene rings is 2. The Morgan fingerprint density at radius 1 is 1.03 bits per heavy atom. The maximum atomic E-state index is 13.4. The van der Waals surface area contributed by atoms with Crippen LogP contribution >= 0.6 is 0 Å². The van der Waals surface area contributed by atoms with Crippen molar-refractivity contribution < 1.29 is 9.18 Å². The molecule has 0 fully saturated rings. The van der Waals surface area contributed by atoms with Crippen LogP contribution in [0.1, 0.15) is 21.6 Å². The van der Waals surface area contributed by atoms with Gasteiger partial charge in [0.15, 0.2) is 0 Å². The van der Waals surface area contributed by atoms with Gasteiger partial charge in [-0.15, -0.1) is 0 Å². The van der Waals surface area contributed by atoms with E-state index in [1.807, 2.05) is 24.3 Å². The molecular formula is C23H17FN4O2. The number of nitrogens with zero attached hydrogens (tertiary/aromatic N) is 3. The minimum absolute atomic E-state index is 0.115. The second-order valence-corrected chi connectivity index (χ2v) is 7.25. The Balaban J connectivity index is 1.68. The topological polar surface area (TPSA) is 81.2 Å². The Bertz CT molecular complexity index is 1340. The summed E-state index contributed by atoms with van der Waals surface area (Å²) in [5, 5.41) is 0.372. The number of hydrogen-bond donors (Lipinski definition) is 1. The van der Waals surface area contributed by atoms with Gasteiger partial charge in [-0.2, -0.15) is 0 Å². The van der Waals surface area contributed by atoms with Crippen LogP contribution in [0.2, 0.25) is 0 Å². The van der Waals surface area contributed by atoms with Crippen molar-refractivity contribution in [3.05, 3.63) is 99.9 Å². The Morgan fingerprint density at radius 3 is 2.53 bits per heavy atom. The average molecular weight is 400 g/mol. The molecule has 0 radical (unpaired) electrons. The molecule has 2 N–H and O–H groups in total. The first-order valence-corrected chi connectivity index (χ1v) is 9.44. The average Bonchev–Trinajstić information content (AvgIpc) is 3.19. The molecule has 1 aliphatic rings. The molecule has 0 saturated heterocycles. The molecule has 6 nitrogen and oxygen atoms in total. The molecule has 0 unspecified atom stereocenters. The monoisotopic (exact) mass is 400 g/mol. The Labute approximate surface area is 171 Å². The Kier molecular flexibility index (Phi) is 4.10. The van der Waals surface area contributed by atoms with Crippen molar-refractivity contribution in [2.75, 3.05) is 4.90 Å². The molecule has 2 aromatic carbocycles. The van der Waals surface area contributed by atoms with Crippen LogP contribution in [0.3, 0.4) is 0 Å². The van der Waals surface area contributed by atoms with Crippen LogP contribution in [0, 0.1) is 5.82 Å². The molecule has 5 rings (SSSR count). The van der Waals surface area contributed by atoms with Gasteiger partial charge in [0.05, 0.1) is 17.8 Å². The maximum absolute atomic E-state index is 13.4. The molecular weight excluding hydrogens is 383 g/mol. The summed E-state index contributed by atoms with van der Waals surface area (Å²) in [6.45, 7) is 1.33. The molecule has 0 spiro atoms. The number of amides is 1. The lowest BCUT2D eigenvalue weighted by Gasteiger charge is -2.19. The van der Waals surface area contributed by atoms with Gasteiger partial charge in [-0.25, -0.2) is 4.39 Å². The molecule has 7 heteroatoms. The smallest absolute Gasteiger partial charge is 0.254 e. The number of pyridine rings is 2. The largest absolute Gasteiger partial charge is 0.365 e. The van der Waals surface area contributed by atoms with E-state index in [9.17, 15) is 14.0 Å². The van der Waals surface area contributed by atoms with Gasteiger partial charge < -0.3 is 15.2 Å². The lowest BCUT2D eigenvalue weighted by Crippen LogP contribution is -2.24. The summed E-state index contributed by atoms with van der Waals surface area (Å²) in [7, 11) is 0. The van der Waals surface area contributed by atoms with Crippen molar-refractivity contribution in [1.82, 2.24) is 9.55 Å². The zero-order valence-corrected chi connectivity index (χ0v) is 15.9. The normalized spacial score (nSPS) is 12.9. The van der Waals surface area contributed by atoms with Crippen molar-refractivity contribution in [2.45, 2.75) is 13.1 Å². The van der Waals surface area contributed by atoms with E-state index in [0.29, 0.717) is 29.7 Å². The molecule has 1 amide bonds. The van der Waals surface area contributed by atoms with Crippen LogP contribution in [-0.2, 0) is 13.1 Å². The fourth-order valence-corrected chi connectivity index (χ4v) is 3.89. The fraction of sp³-hybridized carbons (Fsp3) is 0.0870. The minimum Gasteiger partial charge on any atom is -0.365 e. The third kappa shape index (κ3) is 2.91. The molecule has 4 aromatic rings. The number of aromatic nitrogens is 2. The Hall–Kier alpha value is -4.00. The third-order valence-electron chi connectivity index (χ3n) is 5.41. The number of halogens is 1. The quantitative estimate of drug-likeness (QED) is 0.573. The van der Waals surface area contributed by atoms with Crippen molar-refractivity contribution in [3.63, 3.8) is 0 Å². The highest BCUT2D eigenvalue weighted by Crippen LogP contribution is 2.29. The molecule has 0 bridgehead atoms. The Morgan fingerprint density at radius 2 is 1.80 bits per heavy atom. The number of anilines is 1. The van der Waals surface area contributed by atoms with Gasteiger partial charge in [0.1, 0.15) is 11.4 Å². The molecule has 3 heterocycles. The van der Waals surface area contributed by atoms with Crippen molar-refractivity contribution in [1.29, 1.82) is 0 Å². The summed E-state index contributed by atoms with van der Waals surface area (Å²) < 4.78 is 15.1. The summed E-state index contributed by atoms with van der Waals surface area (Å²) >= 11 is 0. The van der Waals surface area contributed by atoms with E-state index < -0.39 is 11.3 Å². The van der Waals surface area contributed by atoms with Gasteiger partial charge in [0.25, 0.3) is 5.91 Å². The lowest BCUT2D eigenvalue weighted by atomic mass is 10.1. The highest BCUT2D eigenvalue weighted by atomic mass is 19.1. The highest BCUT2D eigenvalue weighted by molar-refractivity contribution is 5.97. The van der Waals surface area contributed by atoms with Gasteiger partial charge in [-0.3, -0.25) is 14.6 Å². The van der Waals surface area contributed by atoms with Gasteiger partial charge in [-0.05, 0) is 54.1 Å². The minimum atomic E-state index is -0.805.